The average molecular weight is 266 g/mol. The van der Waals surface area contributed by atoms with Crippen LogP contribution in [0.1, 0.15) is 45.5 Å². The largest absolute Gasteiger partial charge is 0.481 e. The van der Waals surface area contributed by atoms with Crippen molar-refractivity contribution in [3.63, 3.8) is 0 Å². The number of rotatable bonds is 2. The summed E-state index contributed by atoms with van der Waals surface area (Å²) >= 11 is 0. The van der Waals surface area contributed by atoms with E-state index in [9.17, 15) is 9.59 Å². The molecule has 0 saturated carbocycles. The Balaban J connectivity index is 2.08. The molecule has 3 rings (SSSR count). The van der Waals surface area contributed by atoms with Gasteiger partial charge in [0, 0.05) is 11.1 Å². The number of aliphatic carboxylic acids is 1. The van der Waals surface area contributed by atoms with E-state index in [0.29, 0.717) is 11.1 Å². The van der Waals surface area contributed by atoms with Gasteiger partial charge in [-0.1, -0.05) is 36.4 Å². The Labute approximate surface area is 116 Å². The molecule has 1 unspecified atom stereocenters. The van der Waals surface area contributed by atoms with Gasteiger partial charge in [0.1, 0.15) is 0 Å². The van der Waals surface area contributed by atoms with Crippen molar-refractivity contribution in [2.45, 2.75) is 19.3 Å². The first-order valence-corrected chi connectivity index (χ1v) is 6.56. The van der Waals surface area contributed by atoms with E-state index < -0.39 is 11.9 Å². The number of carbonyl (C=O) groups is 2. The molecule has 0 heterocycles. The third kappa shape index (κ3) is 1.92. The van der Waals surface area contributed by atoms with Crippen LogP contribution in [-0.2, 0) is 11.2 Å². The molecule has 2 aromatic rings. The third-order valence-electron chi connectivity index (χ3n) is 3.89. The van der Waals surface area contributed by atoms with Crippen molar-refractivity contribution in [2.24, 2.45) is 0 Å². The first kappa shape index (κ1) is 12.6. The lowest BCUT2D eigenvalue weighted by molar-refractivity contribution is -0.138. The molecule has 20 heavy (non-hydrogen) atoms. The number of ketones is 1. The van der Waals surface area contributed by atoms with Gasteiger partial charge in [-0.05, 0) is 36.1 Å². The number of hydrogen-bond acceptors (Lipinski definition) is 2. The number of carboxylic acid groups (broad SMARTS) is 1. The van der Waals surface area contributed by atoms with Gasteiger partial charge in [0.25, 0.3) is 0 Å². The summed E-state index contributed by atoms with van der Waals surface area (Å²) in [6.45, 7) is 1.63. The summed E-state index contributed by atoms with van der Waals surface area (Å²) in [4.78, 5) is 23.6. The second-order valence-corrected chi connectivity index (χ2v) is 5.14. The molecule has 0 saturated heterocycles. The fourth-order valence-electron chi connectivity index (χ4n) is 2.62. The Kier molecular flexibility index (Phi) is 2.90. The van der Waals surface area contributed by atoms with Crippen LogP contribution in [-0.4, -0.2) is 16.9 Å². The summed E-state index contributed by atoms with van der Waals surface area (Å²) < 4.78 is 0. The quantitative estimate of drug-likeness (QED) is 0.775. The highest BCUT2D eigenvalue weighted by Crippen LogP contribution is 2.29. The van der Waals surface area contributed by atoms with Gasteiger partial charge in [-0.25, -0.2) is 0 Å². The second-order valence-electron chi connectivity index (χ2n) is 5.14. The number of fused-ring (bicyclic) bond motifs is 2. The van der Waals surface area contributed by atoms with E-state index in [1.165, 1.54) is 0 Å². The number of hydrogen-bond donors (Lipinski definition) is 1. The maximum absolute atomic E-state index is 12.5. The molecule has 3 nitrogen and oxygen atoms in total. The lowest BCUT2D eigenvalue weighted by atomic mass is 9.83. The highest BCUT2D eigenvalue weighted by molar-refractivity contribution is 6.12. The normalized spacial score (nSPS) is 14.3. The molecule has 1 atom stereocenters. The van der Waals surface area contributed by atoms with Crippen LogP contribution in [0.5, 0.6) is 0 Å². The Hall–Kier alpha value is -2.42. The molecule has 0 spiro atoms. The lowest BCUT2D eigenvalue weighted by Crippen LogP contribution is -2.16. The van der Waals surface area contributed by atoms with Crippen molar-refractivity contribution >= 4 is 11.8 Å². The number of benzene rings is 2. The van der Waals surface area contributed by atoms with E-state index in [0.717, 1.165) is 23.1 Å². The maximum Gasteiger partial charge on any atom is 0.310 e. The predicted octanol–water partition coefficient (Wildman–Crippen LogP) is 3.01. The summed E-state index contributed by atoms with van der Waals surface area (Å²) in [5.41, 5.74) is 4.03. The van der Waals surface area contributed by atoms with Crippen LogP contribution in [0.15, 0.2) is 42.5 Å². The minimum atomic E-state index is -0.881. The Morgan fingerprint density at radius 2 is 1.80 bits per heavy atom. The SMILES string of the molecule is CC(C(=O)O)c1ccc2c(c1)C(=O)c1ccccc1C2. The highest BCUT2D eigenvalue weighted by Gasteiger charge is 2.24. The number of carboxylic acids is 1. The summed E-state index contributed by atoms with van der Waals surface area (Å²) in [7, 11) is 0. The zero-order valence-electron chi connectivity index (χ0n) is 11.1. The van der Waals surface area contributed by atoms with E-state index in [-0.39, 0.29) is 5.78 Å². The van der Waals surface area contributed by atoms with Crippen molar-refractivity contribution in [1.82, 2.24) is 0 Å². The topological polar surface area (TPSA) is 54.4 Å². The van der Waals surface area contributed by atoms with E-state index >= 15 is 0 Å². The van der Waals surface area contributed by atoms with Crippen LogP contribution >= 0.6 is 0 Å². The fraction of sp³-hybridized carbons (Fsp3) is 0.176. The van der Waals surface area contributed by atoms with Crippen molar-refractivity contribution in [1.29, 1.82) is 0 Å². The zero-order chi connectivity index (χ0) is 14.3. The van der Waals surface area contributed by atoms with Crippen LogP contribution < -0.4 is 0 Å². The Morgan fingerprint density at radius 3 is 2.55 bits per heavy atom. The molecule has 1 aliphatic carbocycles. The molecule has 3 heteroatoms. The standard InChI is InChI=1S/C17H14O3/c1-10(17(19)20)11-6-7-13-8-12-4-2-3-5-14(12)16(18)15(13)9-11/h2-7,9-10H,8H2,1H3,(H,19,20). The molecule has 2 aromatic carbocycles. The van der Waals surface area contributed by atoms with E-state index in [2.05, 4.69) is 0 Å². The van der Waals surface area contributed by atoms with Gasteiger partial charge in [0.2, 0.25) is 0 Å². The van der Waals surface area contributed by atoms with Gasteiger partial charge in [-0.3, -0.25) is 9.59 Å². The molecule has 1 aliphatic rings. The first-order chi connectivity index (χ1) is 9.58. The van der Waals surface area contributed by atoms with Gasteiger partial charge in [-0.2, -0.15) is 0 Å². The molecule has 0 radical (unpaired) electrons. The monoisotopic (exact) mass is 266 g/mol. The molecule has 0 fully saturated rings. The molecule has 0 aliphatic heterocycles. The summed E-state index contributed by atoms with van der Waals surface area (Å²) in [5, 5.41) is 9.08. The van der Waals surface area contributed by atoms with Crippen molar-refractivity contribution in [2.75, 3.05) is 0 Å². The maximum atomic E-state index is 12.5. The van der Waals surface area contributed by atoms with Gasteiger partial charge in [0.05, 0.1) is 5.92 Å². The van der Waals surface area contributed by atoms with Gasteiger partial charge >= 0.3 is 5.97 Å². The average Bonchev–Trinajstić information content (AvgIpc) is 2.46. The lowest BCUT2D eigenvalue weighted by Gasteiger charge is -2.19. The molecule has 100 valence electrons. The van der Waals surface area contributed by atoms with Crippen molar-refractivity contribution in [3.8, 4) is 0 Å². The first-order valence-electron chi connectivity index (χ1n) is 6.56. The summed E-state index contributed by atoms with van der Waals surface area (Å²) in [6, 6.07) is 13.0. The van der Waals surface area contributed by atoms with Crippen LogP contribution in [0.25, 0.3) is 0 Å². The molecule has 1 N–H and O–H groups in total. The molecule has 0 amide bonds. The van der Waals surface area contributed by atoms with Crippen LogP contribution in [0.2, 0.25) is 0 Å². The highest BCUT2D eigenvalue weighted by atomic mass is 16.4. The smallest absolute Gasteiger partial charge is 0.310 e. The van der Waals surface area contributed by atoms with E-state index in [1.807, 2.05) is 30.3 Å². The molecule has 0 aromatic heterocycles. The summed E-state index contributed by atoms with van der Waals surface area (Å²) in [6.07, 6.45) is 0.721. The van der Waals surface area contributed by atoms with Crippen LogP contribution in [0, 0.1) is 0 Å². The van der Waals surface area contributed by atoms with Crippen LogP contribution in [0.3, 0.4) is 0 Å². The minimum absolute atomic E-state index is 0.0127. The van der Waals surface area contributed by atoms with E-state index in [4.69, 9.17) is 5.11 Å². The van der Waals surface area contributed by atoms with Gasteiger partial charge in [0.15, 0.2) is 5.78 Å². The van der Waals surface area contributed by atoms with Gasteiger partial charge in [-0.15, -0.1) is 0 Å². The van der Waals surface area contributed by atoms with Gasteiger partial charge < -0.3 is 5.11 Å². The molecular formula is C17H14O3. The summed E-state index contributed by atoms with van der Waals surface area (Å²) in [5.74, 6) is -1.50. The number of carbonyl (C=O) groups excluding carboxylic acids is 1. The zero-order valence-corrected chi connectivity index (χ0v) is 11.1. The van der Waals surface area contributed by atoms with Crippen molar-refractivity contribution < 1.29 is 14.7 Å². The fourth-order valence-corrected chi connectivity index (χ4v) is 2.62. The molecular weight excluding hydrogens is 252 g/mol. The molecule has 0 bridgehead atoms. The van der Waals surface area contributed by atoms with E-state index in [1.54, 1.807) is 19.1 Å². The minimum Gasteiger partial charge on any atom is -0.481 e. The predicted molar refractivity (Wildman–Crippen MR) is 75.2 cm³/mol. The van der Waals surface area contributed by atoms with Crippen LogP contribution in [0.4, 0.5) is 0 Å². The Bertz CT molecular complexity index is 716. The van der Waals surface area contributed by atoms with Crippen molar-refractivity contribution in [3.05, 3.63) is 70.3 Å². The second kappa shape index (κ2) is 4.60. The Morgan fingerprint density at radius 1 is 1.10 bits per heavy atom. The third-order valence-corrected chi connectivity index (χ3v) is 3.89.